The normalized spacial score (nSPS) is 19.9. The van der Waals surface area contributed by atoms with Gasteiger partial charge in [0.15, 0.2) is 6.23 Å². The van der Waals surface area contributed by atoms with E-state index in [1.54, 1.807) is 0 Å². The Morgan fingerprint density at radius 3 is 2.50 bits per heavy atom. The second-order valence-electron chi connectivity index (χ2n) is 7.40. The lowest BCUT2D eigenvalue weighted by Crippen LogP contribution is -2.34. The molecule has 1 aromatic heterocycles. The molecule has 3 heterocycles. The van der Waals surface area contributed by atoms with Crippen LogP contribution in [-0.2, 0) is 4.74 Å². The Labute approximate surface area is 164 Å². The van der Waals surface area contributed by atoms with Crippen LogP contribution in [0.5, 0.6) is 0 Å². The number of aromatic nitrogens is 1. The maximum Gasteiger partial charge on any atom is 0.342 e. The van der Waals surface area contributed by atoms with E-state index in [1.807, 2.05) is 54.6 Å². The van der Waals surface area contributed by atoms with E-state index in [1.165, 1.54) is 6.42 Å². The van der Waals surface area contributed by atoms with Crippen LogP contribution in [-0.4, -0.2) is 28.9 Å². The highest BCUT2D eigenvalue weighted by Crippen LogP contribution is 2.38. The van der Waals surface area contributed by atoms with Crippen molar-refractivity contribution in [1.82, 2.24) is 9.88 Å². The highest BCUT2D eigenvalue weighted by Gasteiger charge is 2.39. The van der Waals surface area contributed by atoms with Crippen LogP contribution in [0, 0.1) is 0 Å². The van der Waals surface area contributed by atoms with Crippen LogP contribution in [0.25, 0.3) is 23.1 Å². The Kier molecular flexibility index (Phi) is 4.41. The van der Waals surface area contributed by atoms with Gasteiger partial charge in [0, 0.05) is 24.0 Å². The summed E-state index contributed by atoms with van der Waals surface area (Å²) >= 11 is 0. The van der Waals surface area contributed by atoms with Gasteiger partial charge in [0.2, 0.25) is 0 Å². The number of likely N-dealkylation sites (tertiary alicyclic amines) is 1. The second-order valence-corrected chi connectivity index (χ2v) is 7.40. The number of hydrogen-bond donors (Lipinski definition) is 0. The highest BCUT2D eigenvalue weighted by atomic mass is 16.6. The van der Waals surface area contributed by atoms with Crippen LogP contribution in [0.1, 0.15) is 52.7 Å². The fourth-order valence-corrected chi connectivity index (χ4v) is 4.18. The minimum Gasteiger partial charge on any atom is -0.437 e. The quantitative estimate of drug-likeness (QED) is 0.605. The summed E-state index contributed by atoms with van der Waals surface area (Å²) in [7, 11) is 0. The lowest BCUT2D eigenvalue weighted by Gasteiger charge is -2.30. The SMILES string of the molecule is O=C1OC(N2CCCCC2)c2nc3ccccc3c(/C=C/c3ccccc3)c21. The number of piperidine rings is 1. The number of nitrogens with zero attached hydrogens (tertiary/aromatic N) is 2. The first-order valence-corrected chi connectivity index (χ1v) is 9.92. The second kappa shape index (κ2) is 7.21. The number of carbonyl (C=O) groups excluding carboxylic acids is 1. The fourth-order valence-electron chi connectivity index (χ4n) is 4.18. The van der Waals surface area contributed by atoms with Crippen molar-refractivity contribution in [2.75, 3.05) is 13.1 Å². The van der Waals surface area contributed by atoms with Gasteiger partial charge in [-0.1, -0.05) is 67.1 Å². The molecule has 1 saturated heterocycles. The van der Waals surface area contributed by atoms with E-state index in [0.717, 1.165) is 53.7 Å². The molecule has 2 aliphatic heterocycles. The summed E-state index contributed by atoms with van der Waals surface area (Å²) in [6.45, 7) is 1.89. The minimum atomic E-state index is -0.365. The third-order valence-corrected chi connectivity index (χ3v) is 5.58. The zero-order valence-electron chi connectivity index (χ0n) is 15.7. The predicted molar refractivity (Wildman–Crippen MR) is 111 cm³/mol. The maximum absolute atomic E-state index is 12.9. The van der Waals surface area contributed by atoms with Crippen molar-refractivity contribution in [3.8, 4) is 0 Å². The van der Waals surface area contributed by atoms with Gasteiger partial charge >= 0.3 is 5.97 Å². The van der Waals surface area contributed by atoms with E-state index in [-0.39, 0.29) is 12.2 Å². The number of ether oxygens (including phenoxy) is 1. The topological polar surface area (TPSA) is 42.4 Å². The summed E-state index contributed by atoms with van der Waals surface area (Å²) in [4.78, 5) is 20.0. The molecule has 28 heavy (non-hydrogen) atoms. The first kappa shape index (κ1) is 17.1. The van der Waals surface area contributed by atoms with Crippen LogP contribution < -0.4 is 0 Å². The zero-order chi connectivity index (χ0) is 18.9. The summed E-state index contributed by atoms with van der Waals surface area (Å²) < 4.78 is 5.83. The lowest BCUT2D eigenvalue weighted by molar-refractivity contribution is -0.0316. The van der Waals surface area contributed by atoms with E-state index in [2.05, 4.69) is 17.0 Å². The molecule has 0 saturated carbocycles. The molecule has 0 radical (unpaired) electrons. The number of esters is 1. The molecule has 5 rings (SSSR count). The van der Waals surface area contributed by atoms with Gasteiger partial charge in [-0.15, -0.1) is 0 Å². The molecule has 0 amide bonds. The minimum absolute atomic E-state index is 0.267. The van der Waals surface area contributed by atoms with E-state index < -0.39 is 0 Å². The van der Waals surface area contributed by atoms with Gasteiger partial charge in [0.1, 0.15) is 5.69 Å². The number of benzene rings is 2. The van der Waals surface area contributed by atoms with Gasteiger partial charge in [-0.05, 0) is 24.5 Å². The third kappa shape index (κ3) is 3.00. The number of hydrogen-bond acceptors (Lipinski definition) is 4. The van der Waals surface area contributed by atoms with Crippen molar-refractivity contribution < 1.29 is 9.53 Å². The van der Waals surface area contributed by atoms with Gasteiger partial charge in [0.05, 0.1) is 11.1 Å². The molecule has 2 aliphatic rings. The fraction of sp³-hybridized carbons (Fsp3) is 0.250. The third-order valence-electron chi connectivity index (χ3n) is 5.58. The summed E-state index contributed by atoms with van der Waals surface area (Å²) in [5.74, 6) is -0.267. The summed E-state index contributed by atoms with van der Waals surface area (Å²) in [6.07, 6.45) is 7.22. The Bertz CT molecular complexity index is 1050. The Morgan fingerprint density at radius 2 is 1.68 bits per heavy atom. The number of pyridine rings is 1. The Hall–Kier alpha value is -2.98. The number of carbonyl (C=O) groups is 1. The van der Waals surface area contributed by atoms with Crippen LogP contribution in [0.4, 0.5) is 0 Å². The summed E-state index contributed by atoms with van der Waals surface area (Å²) in [5.41, 5.74) is 4.26. The van der Waals surface area contributed by atoms with E-state index in [9.17, 15) is 4.79 Å². The van der Waals surface area contributed by atoms with Gasteiger partial charge in [-0.3, -0.25) is 4.90 Å². The molecule has 0 aliphatic carbocycles. The predicted octanol–water partition coefficient (Wildman–Crippen LogP) is 5.06. The van der Waals surface area contributed by atoms with Gasteiger partial charge in [-0.25, -0.2) is 9.78 Å². The standard InChI is InChI=1S/C24H22N2O2/c27-24-21-19(14-13-17-9-3-1-4-10-17)18-11-5-6-12-20(18)25-22(21)23(28-24)26-15-7-2-8-16-26/h1,3-6,9-14,23H,2,7-8,15-16H2/b14-13+. The van der Waals surface area contributed by atoms with E-state index >= 15 is 0 Å². The molecule has 1 fully saturated rings. The molecule has 140 valence electrons. The summed E-state index contributed by atoms with van der Waals surface area (Å²) in [5, 5.41) is 0.977. The van der Waals surface area contributed by atoms with Crippen molar-refractivity contribution in [2.24, 2.45) is 0 Å². The van der Waals surface area contributed by atoms with Crippen LogP contribution in [0.15, 0.2) is 54.6 Å². The first-order chi connectivity index (χ1) is 13.8. The molecule has 3 aromatic rings. The molecule has 0 N–H and O–H groups in total. The molecule has 2 aromatic carbocycles. The van der Waals surface area contributed by atoms with Gasteiger partial charge < -0.3 is 4.74 Å². The van der Waals surface area contributed by atoms with Gasteiger partial charge in [-0.2, -0.15) is 0 Å². The first-order valence-electron chi connectivity index (χ1n) is 9.92. The molecule has 4 nitrogen and oxygen atoms in total. The van der Waals surface area contributed by atoms with E-state index in [0.29, 0.717) is 5.56 Å². The number of para-hydroxylation sites is 1. The summed E-state index contributed by atoms with van der Waals surface area (Å²) in [6, 6.07) is 18.1. The van der Waals surface area contributed by atoms with Crippen molar-refractivity contribution in [3.63, 3.8) is 0 Å². The number of cyclic esters (lactones) is 1. The molecule has 1 unspecified atom stereocenters. The average molecular weight is 370 g/mol. The molecule has 1 atom stereocenters. The van der Waals surface area contributed by atoms with E-state index in [4.69, 9.17) is 9.72 Å². The van der Waals surface area contributed by atoms with Crippen molar-refractivity contribution >= 4 is 29.0 Å². The number of fused-ring (bicyclic) bond motifs is 2. The smallest absolute Gasteiger partial charge is 0.342 e. The monoisotopic (exact) mass is 370 g/mol. The highest BCUT2D eigenvalue weighted by molar-refractivity contribution is 6.05. The zero-order valence-corrected chi connectivity index (χ0v) is 15.7. The van der Waals surface area contributed by atoms with Crippen LogP contribution in [0.3, 0.4) is 0 Å². The average Bonchev–Trinajstić information content (AvgIpc) is 3.09. The number of rotatable bonds is 3. The largest absolute Gasteiger partial charge is 0.437 e. The Morgan fingerprint density at radius 1 is 0.929 bits per heavy atom. The lowest BCUT2D eigenvalue weighted by atomic mass is 9.99. The molecule has 0 bridgehead atoms. The van der Waals surface area contributed by atoms with Crippen molar-refractivity contribution in [3.05, 3.63) is 77.0 Å². The molecular formula is C24H22N2O2. The molecule has 4 heteroatoms. The Balaban J connectivity index is 1.66. The van der Waals surface area contributed by atoms with Gasteiger partial charge in [0.25, 0.3) is 0 Å². The van der Waals surface area contributed by atoms with Crippen molar-refractivity contribution in [1.29, 1.82) is 0 Å². The maximum atomic E-state index is 12.9. The molecular weight excluding hydrogens is 348 g/mol. The van der Waals surface area contributed by atoms with Crippen LogP contribution in [0.2, 0.25) is 0 Å². The van der Waals surface area contributed by atoms with Crippen LogP contribution >= 0.6 is 0 Å². The van der Waals surface area contributed by atoms with Crippen molar-refractivity contribution in [2.45, 2.75) is 25.5 Å². The molecule has 0 spiro atoms.